The molecule has 0 aromatic heterocycles. The zero-order valence-corrected chi connectivity index (χ0v) is 9.25. The minimum Gasteiger partial charge on any atom is -1.00 e. The summed E-state index contributed by atoms with van der Waals surface area (Å²) in [4.78, 5) is 0. The molecule has 0 aliphatic rings. The van der Waals surface area contributed by atoms with Crippen LogP contribution in [0.25, 0.3) is 0 Å². The van der Waals surface area contributed by atoms with Crippen LogP contribution in [0.5, 0.6) is 0 Å². The van der Waals surface area contributed by atoms with Gasteiger partial charge in [0.15, 0.2) is 0 Å². The third-order valence-electron chi connectivity index (χ3n) is 0. The summed E-state index contributed by atoms with van der Waals surface area (Å²) in [6, 6.07) is 0. The molecule has 0 aliphatic heterocycles. The summed E-state index contributed by atoms with van der Waals surface area (Å²) < 4.78 is 0. The zero-order chi connectivity index (χ0) is 0. The third kappa shape index (κ3) is 8.82. The Morgan fingerprint density at radius 3 is 1.00 bits per heavy atom. The molecule has 4 heavy (non-hydrogen) atoms. The fourth-order valence-corrected chi connectivity index (χ4v) is 0. The van der Waals surface area contributed by atoms with E-state index in [9.17, 15) is 0 Å². The van der Waals surface area contributed by atoms with Gasteiger partial charge in [0.05, 0.1) is 0 Å². The van der Waals surface area contributed by atoms with Crippen LogP contribution in [0.1, 0.15) is 0 Å². The van der Waals surface area contributed by atoms with E-state index in [2.05, 4.69) is 0 Å². The van der Waals surface area contributed by atoms with Crippen LogP contribution in [-0.4, -0.2) is 0 Å². The van der Waals surface area contributed by atoms with Crippen LogP contribution in [-0.2, 0) is 39.4 Å². The molecule has 0 nitrogen and oxygen atoms in total. The van der Waals surface area contributed by atoms with Gasteiger partial charge in [-0.1, -0.05) is 0 Å². The van der Waals surface area contributed by atoms with Crippen molar-refractivity contribution in [1.29, 1.82) is 0 Å². The summed E-state index contributed by atoms with van der Waals surface area (Å²) >= 11 is 0. The predicted molar refractivity (Wildman–Crippen MR) is 0 cm³/mol. The first kappa shape index (κ1) is 31.0. The van der Waals surface area contributed by atoms with Gasteiger partial charge in [0.25, 0.3) is 0 Å². The van der Waals surface area contributed by atoms with Crippen molar-refractivity contribution in [3.8, 4) is 0 Å². The molecule has 0 heterocycles. The van der Waals surface area contributed by atoms with Gasteiger partial charge in [-0.15, -0.1) is 0 Å². The molecule has 17 valence electrons. The molecule has 0 aromatic carbocycles. The first-order chi connectivity index (χ1) is 0. The minimum absolute atomic E-state index is 0. The molecule has 0 saturated carbocycles. The molecule has 0 unspecified atom stereocenters. The summed E-state index contributed by atoms with van der Waals surface area (Å²) in [6.07, 6.45) is 0. The molecule has 1 radical (unpaired) electrons. The molecule has 0 amide bonds. The van der Waals surface area contributed by atoms with E-state index in [-0.39, 0.29) is 81.4 Å². The smallest absolute Gasteiger partial charge is 1.00 e. The van der Waals surface area contributed by atoms with Crippen molar-refractivity contribution in [1.82, 2.24) is 0 Å². The van der Waals surface area contributed by atoms with Gasteiger partial charge in [-0.25, -0.2) is 0 Å². The number of hydrogen-bond acceptors (Lipinski definition) is 0. The maximum atomic E-state index is 0. The maximum Gasteiger partial charge on any atom is 2.00 e. The van der Waals surface area contributed by atoms with Crippen molar-refractivity contribution in [3.63, 3.8) is 0 Å². The Morgan fingerprint density at radius 1 is 1.00 bits per heavy atom. The molecule has 0 rings (SSSR count). The van der Waals surface area contributed by atoms with Crippen LogP contribution in [0.3, 0.4) is 0 Å². The second kappa shape index (κ2) is 17.7. The third-order valence-corrected chi connectivity index (χ3v) is 0. The molecule has 0 atom stereocenters. The standard InChI is InChI=1S/ClH.Fe.Na.Ta/h1H;;;/q;+2;+1;+2/p-1. The Balaban J connectivity index is 0. The Morgan fingerprint density at radius 2 is 1.00 bits per heavy atom. The van der Waals surface area contributed by atoms with E-state index in [0.29, 0.717) is 0 Å². The number of rotatable bonds is 0. The van der Waals surface area contributed by atoms with Crippen LogP contribution in [0, 0.1) is 0 Å². The van der Waals surface area contributed by atoms with Crippen LogP contribution in [0.2, 0.25) is 0 Å². The molecule has 4 heteroatoms. The van der Waals surface area contributed by atoms with Crippen LogP contribution in [0.15, 0.2) is 0 Å². The molecular formula is ClFeNaTa+4. The van der Waals surface area contributed by atoms with E-state index in [4.69, 9.17) is 0 Å². The fraction of sp³-hybridized carbons (Fsp3) is 0. The Kier molecular flexibility index (Phi) is 137. The first-order valence-electron chi connectivity index (χ1n) is 0. The summed E-state index contributed by atoms with van der Waals surface area (Å²) in [5.41, 5.74) is 0. The normalized spacial score (nSPS) is 0. The Bertz CT molecular complexity index is 8.00. The topological polar surface area (TPSA) is 0 Å². The molecule has 0 bridgehead atoms. The summed E-state index contributed by atoms with van der Waals surface area (Å²) in [7, 11) is 0. The van der Waals surface area contributed by atoms with Crippen molar-refractivity contribution in [2.75, 3.05) is 0 Å². The van der Waals surface area contributed by atoms with Crippen molar-refractivity contribution in [2.45, 2.75) is 0 Å². The van der Waals surface area contributed by atoms with Gasteiger partial charge in [0, 0.05) is 0 Å². The van der Waals surface area contributed by atoms with Gasteiger partial charge in [-0.3, -0.25) is 0 Å². The molecule has 0 N–H and O–H groups in total. The van der Waals surface area contributed by atoms with E-state index in [1.807, 2.05) is 0 Å². The van der Waals surface area contributed by atoms with E-state index in [0.717, 1.165) is 0 Å². The molecular weight excluding hydrogens is 295 g/mol. The van der Waals surface area contributed by atoms with Crippen molar-refractivity contribution < 1.29 is 81.4 Å². The van der Waals surface area contributed by atoms with Gasteiger partial charge >= 0.3 is 69.0 Å². The maximum absolute atomic E-state index is 0. The average molecular weight is 295 g/mol. The van der Waals surface area contributed by atoms with Crippen molar-refractivity contribution >= 4 is 0 Å². The summed E-state index contributed by atoms with van der Waals surface area (Å²) in [5.74, 6) is 0. The largest absolute Gasteiger partial charge is 2.00 e. The Labute approximate surface area is 80.2 Å². The van der Waals surface area contributed by atoms with Gasteiger partial charge in [-0.05, 0) is 0 Å². The fourth-order valence-electron chi connectivity index (χ4n) is 0. The molecule has 0 aromatic rings. The number of hydrogen-bond donors (Lipinski definition) is 0. The van der Waals surface area contributed by atoms with Crippen molar-refractivity contribution in [3.05, 3.63) is 0 Å². The molecule has 0 spiro atoms. The van der Waals surface area contributed by atoms with E-state index in [1.165, 1.54) is 0 Å². The van der Waals surface area contributed by atoms with Crippen LogP contribution >= 0.6 is 0 Å². The second-order valence-electron chi connectivity index (χ2n) is 0. The SMILES string of the molecule is [Cl-].[Fe+2].[Na+].[Ta+2]. The van der Waals surface area contributed by atoms with E-state index >= 15 is 0 Å². The van der Waals surface area contributed by atoms with Gasteiger partial charge < -0.3 is 12.4 Å². The van der Waals surface area contributed by atoms with Gasteiger partial charge in [-0.2, -0.15) is 0 Å². The van der Waals surface area contributed by atoms with Gasteiger partial charge in [0.2, 0.25) is 0 Å². The quantitative estimate of drug-likeness (QED) is 0.390. The van der Waals surface area contributed by atoms with E-state index < -0.39 is 0 Å². The molecule has 0 saturated heterocycles. The second-order valence-corrected chi connectivity index (χ2v) is 0. The molecule has 0 fully saturated rings. The van der Waals surface area contributed by atoms with Crippen molar-refractivity contribution in [2.24, 2.45) is 0 Å². The average Bonchev–Trinajstić information content (AvgIpc) is 0. The summed E-state index contributed by atoms with van der Waals surface area (Å²) in [5, 5.41) is 0. The number of halogens is 1. The predicted octanol–water partition coefficient (Wildman–Crippen LogP) is -6.00. The van der Waals surface area contributed by atoms with Crippen LogP contribution < -0.4 is 42.0 Å². The minimum atomic E-state index is 0. The zero-order valence-electron chi connectivity index (χ0n) is 2.18. The van der Waals surface area contributed by atoms with E-state index in [1.54, 1.807) is 0 Å². The summed E-state index contributed by atoms with van der Waals surface area (Å²) in [6.45, 7) is 0. The van der Waals surface area contributed by atoms with Crippen LogP contribution in [0.4, 0.5) is 0 Å². The Hall–Kier alpha value is 2.55. The first-order valence-corrected chi connectivity index (χ1v) is 0. The monoisotopic (exact) mass is 295 g/mol. The van der Waals surface area contributed by atoms with Gasteiger partial charge in [0.1, 0.15) is 0 Å². The molecule has 0 aliphatic carbocycles.